The molecule has 1 fully saturated rings. The number of hydrogen-bond acceptors (Lipinski definition) is 2. The summed E-state index contributed by atoms with van der Waals surface area (Å²) in [5.41, 5.74) is 0. The number of ether oxygens (including phenoxy) is 2. The summed E-state index contributed by atoms with van der Waals surface area (Å²) in [5.74, 6) is -3.00. The lowest BCUT2D eigenvalue weighted by Gasteiger charge is -2.27. The van der Waals surface area contributed by atoms with E-state index in [1.54, 1.807) is 0 Å². The van der Waals surface area contributed by atoms with Gasteiger partial charge in [0.2, 0.25) is 0 Å². The zero-order valence-corrected chi connectivity index (χ0v) is 17.1. The Hall–Kier alpha value is -1.24. The molecule has 0 bridgehead atoms. The van der Waals surface area contributed by atoms with Gasteiger partial charge in [0.1, 0.15) is 5.75 Å². The first-order chi connectivity index (χ1) is 13.0. The van der Waals surface area contributed by atoms with Gasteiger partial charge in [-0.3, -0.25) is 0 Å². The summed E-state index contributed by atoms with van der Waals surface area (Å²) in [5, 5.41) is 0. The van der Waals surface area contributed by atoms with Gasteiger partial charge >= 0.3 is 6.61 Å². The molecule has 1 aliphatic rings. The Bertz CT molecular complexity index is 540. The third kappa shape index (κ3) is 7.72. The van der Waals surface area contributed by atoms with E-state index >= 15 is 0 Å². The zero-order chi connectivity index (χ0) is 19.6. The molecule has 27 heavy (non-hydrogen) atoms. The number of hydrogen-bond donors (Lipinski definition) is 0. The first-order valence-corrected chi connectivity index (χ1v) is 12.5. The molecule has 154 valence electrons. The maximum atomic E-state index is 13.7. The molecule has 1 heterocycles. The van der Waals surface area contributed by atoms with Crippen LogP contribution in [-0.2, 0) is 0 Å². The molecule has 1 aliphatic heterocycles. The number of benzene rings is 1. The van der Waals surface area contributed by atoms with E-state index in [-0.39, 0.29) is 5.75 Å². The second kappa shape index (κ2) is 11.6. The molecule has 0 unspecified atom stereocenters. The normalized spacial score (nSPS) is 20.1. The molecular formula is C20H30F4O2Si. The highest BCUT2D eigenvalue weighted by atomic mass is 28.3. The summed E-state index contributed by atoms with van der Waals surface area (Å²) >= 11 is 0. The van der Waals surface area contributed by atoms with Crippen LogP contribution < -0.4 is 9.47 Å². The third-order valence-corrected chi connectivity index (χ3v) is 8.87. The van der Waals surface area contributed by atoms with Crippen LogP contribution in [0.5, 0.6) is 11.5 Å². The molecule has 2 rings (SSSR count). The van der Waals surface area contributed by atoms with Gasteiger partial charge in [-0.15, -0.1) is 0 Å². The largest absolute Gasteiger partial charge is 0.493 e. The van der Waals surface area contributed by atoms with Gasteiger partial charge in [0.05, 0.1) is 6.61 Å². The second-order valence-electron chi connectivity index (χ2n) is 7.50. The molecule has 1 aromatic carbocycles. The number of unbranched alkanes of at least 4 members (excludes halogenated alkanes) is 4. The predicted molar refractivity (Wildman–Crippen MR) is 102 cm³/mol. The molecule has 0 amide bonds. The minimum absolute atomic E-state index is 0.0157. The lowest BCUT2D eigenvalue weighted by atomic mass is 10.0. The summed E-state index contributed by atoms with van der Waals surface area (Å²) in [6.07, 6.45) is 8.91. The standard InChI is InChI=1S/C20H30F4O2Si/c1-2-3-4-5-6-9-27-10-7-15(8-11-27)14-25-16-12-17(21)19(18(22)13-16)26-20(23)24/h12-13,15,20,27H,2-11,14H2,1H3. The summed E-state index contributed by atoms with van der Waals surface area (Å²) < 4.78 is 61.1. The molecule has 0 spiro atoms. The molecule has 0 atom stereocenters. The Labute approximate surface area is 160 Å². The van der Waals surface area contributed by atoms with Crippen LogP contribution in [0.2, 0.25) is 18.1 Å². The van der Waals surface area contributed by atoms with Crippen LogP contribution in [0.4, 0.5) is 17.6 Å². The fraction of sp³-hybridized carbons (Fsp3) is 0.700. The SMILES string of the molecule is CCCCCCC[SiH]1CCC(COc2cc(F)c(OC(F)F)c(F)c2)CC1. The minimum Gasteiger partial charge on any atom is -0.493 e. The fourth-order valence-electron chi connectivity index (χ4n) is 3.76. The molecule has 1 aromatic rings. The lowest BCUT2D eigenvalue weighted by molar-refractivity contribution is -0.0547. The van der Waals surface area contributed by atoms with Crippen LogP contribution >= 0.6 is 0 Å². The highest BCUT2D eigenvalue weighted by Gasteiger charge is 2.23. The molecule has 0 saturated carbocycles. The summed E-state index contributed by atoms with van der Waals surface area (Å²) in [4.78, 5) is 0. The first kappa shape index (κ1) is 22.1. The van der Waals surface area contributed by atoms with E-state index in [0.717, 1.165) is 25.0 Å². The van der Waals surface area contributed by atoms with Crippen molar-refractivity contribution in [2.24, 2.45) is 5.92 Å². The van der Waals surface area contributed by atoms with E-state index in [4.69, 9.17) is 4.74 Å². The third-order valence-electron chi connectivity index (χ3n) is 5.35. The molecular weight excluding hydrogens is 376 g/mol. The van der Waals surface area contributed by atoms with Gasteiger partial charge in [0.25, 0.3) is 0 Å². The van der Waals surface area contributed by atoms with Gasteiger partial charge in [0, 0.05) is 20.9 Å². The maximum Gasteiger partial charge on any atom is 0.387 e. The van der Waals surface area contributed by atoms with Crippen molar-refractivity contribution in [3.8, 4) is 11.5 Å². The molecule has 0 aromatic heterocycles. The monoisotopic (exact) mass is 406 g/mol. The Balaban J connectivity index is 1.70. The van der Waals surface area contributed by atoms with Crippen molar-refractivity contribution in [2.45, 2.75) is 76.6 Å². The fourth-order valence-corrected chi connectivity index (χ4v) is 7.38. The highest BCUT2D eigenvalue weighted by Crippen LogP contribution is 2.31. The van der Waals surface area contributed by atoms with Crippen LogP contribution in [0.1, 0.15) is 51.9 Å². The topological polar surface area (TPSA) is 18.5 Å². The van der Waals surface area contributed by atoms with Gasteiger partial charge in [-0.05, 0) is 18.8 Å². The Kier molecular flexibility index (Phi) is 9.45. The van der Waals surface area contributed by atoms with E-state index < -0.39 is 32.8 Å². The van der Waals surface area contributed by atoms with E-state index in [9.17, 15) is 17.6 Å². The van der Waals surface area contributed by atoms with Gasteiger partial charge in [0.15, 0.2) is 17.4 Å². The quantitative estimate of drug-likeness (QED) is 0.236. The van der Waals surface area contributed by atoms with E-state index in [1.165, 1.54) is 50.2 Å². The van der Waals surface area contributed by atoms with Crippen molar-refractivity contribution >= 4 is 8.80 Å². The summed E-state index contributed by atoms with van der Waals surface area (Å²) in [6.45, 7) is -0.635. The average Bonchev–Trinajstić information content (AvgIpc) is 2.63. The number of alkyl halides is 2. The molecule has 1 saturated heterocycles. The highest BCUT2D eigenvalue weighted by molar-refractivity contribution is 6.58. The van der Waals surface area contributed by atoms with Crippen LogP contribution in [-0.4, -0.2) is 22.0 Å². The molecule has 7 heteroatoms. The van der Waals surface area contributed by atoms with Crippen molar-refractivity contribution in [3.63, 3.8) is 0 Å². The zero-order valence-electron chi connectivity index (χ0n) is 16.0. The van der Waals surface area contributed by atoms with Crippen molar-refractivity contribution in [3.05, 3.63) is 23.8 Å². The van der Waals surface area contributed by atoms with Crippen LogP contribution in [0.25, 0.3) is 0 Å². The molecule has 2 nitrogen and oxygen atoms in total. The maximum absolute atomic E-state index is 13.7. The molecule has 0 aliphatic carbocycles. The van der Waals surface area contributed by atoms with Crippen LogP contribution in [0.15, 0.2) is 12.1 Å². The summed E-state index contributed by atoms with van der Waals surface area (Å²) in [6, 6.07) is 5.85. The van der Waals surface area contributed by atoms with Gasteiger partial charge in [-0.25, -0.2) is 8.78 Å². The van der Waals surface area contributed by atoms with Crippen LogP contribution in [0, 0.1) is 17.6 Å². The Morgan fingerprint density at radius 3 is 2.26 bits per heavy atom. The first-order valence-electron chi connectivity index (χ1n) is 10.1. The number of halogens is 4. The van der Waals surface area contributed by atoms with Crippen molar-refractivity contribution < 1.29 is 27.0 Å². The van der Waals surface area contributed by atoms with E-state index in [2.05, 4.69) is 11.7 Å². The van der Waals surface area contributed by atoms with Crippen molar-refractivity contribution in [2.75, 3.05) is 6.61 Å². The van der Waals surface area contributed by atoms with Crippen molar-refractivity contribution in [1.29, 1.82) is 0 Å². The van der Waals surface area contributed by atoms with Gasteiger partial charge in [-0.2, -0.15) is 8.78 Å². The van der Waals surface area contributed by atoms with Gasteiger partial charge in [-0.1, -0.05) is 57.2 Å². The van der Waals surface area contributed by atoms with E-state index in [1.807, 2.05) is 0 Å². The van der Waals surface area contributed by atoms with Gasteiger partial charge < -0.3 is 9.47 Å². The summed E-state index contributed by atoms with van der Waals surface area (Å²) in [7, 11) is -0.615. The Morgan fingerprint density at radius 2 is 1.67 bits per heavy atom. The molecule has 0 radical (unpaired) electrons. The average molecular weight is 407 g/mol. The van der Waals surface area contributed by atoms with E-state index in [0.29, 0.717) is 12.5 Å². The molecule has 0 N–H and O–H groups in total. The Morgan fingerprint density at radius 1 is 1.04 bits per heavy atom. The predicted octanol–water partition coefficient (Wildman–Crippen LogP) is 6.55. The minimum atomic E-state index is -3.27. The second-order valence-corrected chi connectivity index (χ2v) is 11.0. The van der Waals surface area contributed by atoms with Crippen molar-refractivity contribution in [1.82, 2.24) is 0 Å². The number of rotatable bonds is 11. The smallest absolute Gasteiger partial charge is 0.387 e. The van der Waals surface area contributed by atoms with Crippen LogP contribution in [0.3, 0.4) is 0 Å². The lowest BCUT2D eigenvalue weighted by Crippen LogP contribution is -2.24.